The third-order valence-electron chi connectivity index (χ3n) is 5.13. The molecule has 1 fully saturated rings. The van der Waals surface area contributed by atoms with Gasteiger partial charge in [-0.25, -0.2) is 0 Å². The number of hydrogen-bond donors (Lipinski definition) is 1. The van der Waals surface area contributed by atoms with Crippen molar-refractivity contribution in [2.45, 2.75) is 12.1 Å². The Labute approximate surface area is 161 Å². The minimum atomic E-state index is -4.39. The number of carboxylic acids is 1. The lowest BCUT2D eigenvalue weighted by Gasteiger charge is -2.39. The third-order valence-corrected chi connectivity index (χ3v) is 6.51. The fraction of sp³-hybridized carbons (Fsp3) is 0.263. The van der Waals surface area contributed by atoms with Crippen LogP contribution < -0.4 is 0 Å². The van der Waals surface area contributed by atoms with Crippen LogP contribution in [0, 0.1) is 5.92 Å². The van der Waals surface area contributed by atoms with E-state index in [1.165, 1.54) is 0 Å². The number of carbonyl (C=O) groups excluding carboxylic acids is 1. The SMILES string of the molecule is COC(=O)C1[C@H](C(=O)O)COS(=O)(=O)N1C1c2ccccc2-c2ccccc21. The number of benzene rings is 2. The third kappa shape index (κ3) is 2.70. The van der Waals surface area contributed by atoms with Crippen molar-refractivity contribution in [3.05, 3.63) is 59.7 Å². The fourth-order valence-corrected chi connectivity index (χ4v) is 5.35. The van der Waals surface area contributed by atoms with Gasteiger partial charge in [-0.2, -0.15) is 12.7 Å². The van der Waals surface area contributed by atoms with Crippen LogP contribution in [0.3, 0.4) is 0 Å². The Morgan fingerprint density at radius 3 is 2.11 bits per heavy atom. The summed E-state index contributed by atoms with van der Waals surface area (Å²) in [5.41, 5.74) is 2.94. The van der Waals surface area contributed by atoms with Gasteiger partial charge in [0.15, 0.2) is 0 Å². The molecule has 0 radical (unpaired) electrons. The molecule has 4 rings (SSSR count). The second-order valence-electron chi connectivity index (χ2n) is 6.56. The summed E-state index contributed by atoms with van der Waals surface area (Å²) < 4.78 is 36.3. The van der Waals surface area contributed by atoms with Crippen LogP contribution in [0.15, 0.2) is 48.5 Å². The number of nitrogens with zero attached hydrogens (tertiary/aromatic N) is 1. The van der Waals surface area contributed by atoms with Gasteiger partial charge in [-0.3, -0.25) is 13.8 Å². The highest BCUT2D eigenvalue weighted by molar-refractivity contribution is 7.84. The molecule has 1 aliphatic carbocycles. The Kier molecular flexibility index (Phi) is 4.45. The van der Waals surface area contributed by atoms with Crippen molar-refractivity contribution >= 4 is 22.2 Å². The van der Waals surface area contributed by atoms with Gasteiger partial charge < -0.3 is 9.84 Å². The van der Waals surface area contributed by atoms with E-state index in [0.29, 0.717) is 11.1 Å². The van der Waals surface area contributed by atoms with Gasteiger partial charge in [0.2, 0.25) is 0 Å². The van der Waals surface area contributed by atoms with E-state index in [-0.39, 0.29) is 0 Å². The molecule has 2 aliphatic rings. The van der Waals surface area contributed by atoms with E-state index in [2.05, 4.69) is 0 Å². The molecule has 28 heavy (non-hydrogen) atoms. The number of aliphatic carboxylic acids is 1. The maximum atomic E-state index is 12.9. The summed E-state index contributed by atoms with van der Waals surface area (Å²) in [6.07, 6.45) is 0. The number of methoxy groups -OCH3 is 1. The molecule has 1 saturated heterocycles. The molecule has 1 N–H and O–H groups in total. The Bertz CT molecular complexity index is 1020. The van der Waals surface area contributed by atoms with E-state index in [1.807, 2.05) is 24.3 Å². The molecular formula is C19H17NO7S. The molecule has 1 aliphatic heterocycles. The molecule has 1 heterocycles. The van der Waals surface area contributed by atoms with Crippen LogP contribution in [0.25, 0.3) is 11.1 Å². The molecule has 2 aromatic rings. The van der Waals surface area contributed by atoms with Crippen LogP contribution in [0.4, 0.5) is 0 Å². The second kappa shape index (κ2) is 6.69. The summed E-state index contributed by atoms with van der Waals surface area (Å²) >= 11 is 0. The molecule has 9 heteroatoms. The van der Waals surface area contributed by atoms with Gasteiger partial charge >= 0.3 is 22.2 Å². The summed E-state index contributed by atoms with van der Waals surface area (Å²) in [5.74, 6) is -3.67. The summed E-state index contributed by atoms with van der Waals surface area (Å²) in [4.78, 5) is 24.3. The highest BCUT2D eigenvalue weighted by Gasteiger charge is 2.54. The van der Waals surface area contributed by atoms with Crippen molar-refractivity contribution in [1.29, 1.82) is 0 Å². The number of esters is 1. The Morgan fingerprint density at radius 2 is 1.61 bits per heavy atom. The molecule has 0 saturated carbocycles. The zero-order chi connectivity index (χ0) is 20.1. The first kappa shape index (κ1) is 18.6. The van der Waals surface area contributed by atoms with Crippen molar-refractivity contribution in [3.8, 4) is 11.1 Å². The lowest BCUT2D eigenvalue weighted by Crippen LogP contribution is -2.58. The molecule has 0 spiro atoms. The fourth-order valence-electron chi connectivity index (χ4n) is 3.92. The van der Waals surface area contributed by atoms with Gasteiger partial charge in [-0.15, -0.1) is 0 Å². The lowest BCUT2D eigenvalue weighted by molar-refractivity contribution is -0.159. The first-order valence-corrected chi connectivity index (χ1v) is 9.90. The van der Waals surface area contributed by atoms with Gasteiger partial charge in [0.25, 0.3) is 0 Å². The van der Waals surface area contributed by atoms with E-state index < -0.39 is 46.9 Å². The van der Waals surface area contributed by atoms with E-state index in [9.17, 15) is 23.1 Å². The number of rotatable bonds is 3. The average molecular weight is 403 g/mol. The largest absolute Gasteiger partial charge is 0.481 e. The number of fused-ring (bicyclic) bond motifs is 3. The molecular weight excluding hydrogens is 386 g/mol. The van der Waals surface area contributed by atoms with Crippen molar-refractivity contribution in [3.63, 3.8) is 0 Å². The molecule has 2 aromatic carbocycles. The molecule has 8 nitrogen and oxygen atoms in total. The summed E-state index contributed by atoms with van der Waals surface area (Å²) in [7, 11) is -3.30. The van der Waals surface area contributed by atoms with E-state index >= 15 is 0 Å². The first-order valence-electron chi connectivity index (χ1n) is 8.53. The van der Waals surface area contributed by atoms with Crippen LogP contribution in [-0.2, 0) is 28.8 Å². The van der Waals surface area contributed by atoms with E-state index in [0.717, 1.165) is 22.5 Å². The van der Waals surface area contributed by atoms with Crippen molar-refractivity contribution in [2.75, 3.05) is 13.7 Å². The monoisotopic (exact) mass is 403 g/mol. The van der Waals surface area contributed by atoms with Gasteiger partial charge in [-0.1, -0.05) is 48.5 Å². The summed E-state index contributed by atoms with van der Waals surface area (Å²) in [6, 6.07) is 12.0. The first-order chi connectivity index (χ1) is 13.4. The normalized spacial score (nSPS) is 23.6. The zero-order valence-electron chi connectivity index (χ0n) is 14.8. The minimum absolute atomic E-state index is 0.635. The van der Waals surface area contributed by atoms with Gasteiger partial charge in [-0.05, 0) is 22.3 Å². The predicted molar refractivity (Wildman–Crippen MR) is 97.4 cm³/mol. The van der Waals surface area contributed by atoms with Crippen LogP contribution in [0.1, 0.15) is 17.2 Å². The highest BCUT2D eigenvalue weighted by atomic mass is 32.2. The quantitative estimate of drug-likeness (QED) is 0.775. The average Bonchev–Trinajstić information content (AvgIpc) is 3.00. The van der Waals surface area contributed by atoms with Gasteiger partial charge in [0.1, 0.15) is 12.0 Å². The number of carboxylic acid groups (broad SMARTS) is 1. The van der Waals surface area contributed by atoms with E-state index in [4.69, 9.17) is 8.92 Å². The Hall–Kier alpha value is -2.75. The van der Waals surface area contributed by atoms with E-state index in [1.54, 1.807) is 24.3 Å². The lowest BCUT2D eigenvalue weighted by atomic mass is 9.97. The van der Waals surface area contributed by atoms with Crippen LogP contribution >= 0.6 is 0 Å². The maximum Gasteiger partial charge on any atom is 0.340 e. The van der Waals surface area contributed by atoms with Crippen LogP contribution in [-0.4, -0.2) is 49.5 Å². The van der Waals surface area contributed by atoms with Crippen LogP contribution in [0.2, 0.25) is 0 Å². The maximum absolute atomic E-state index is 12.9. The second-order valence-corrected chi connectivity index (χ2v) is 8.07. The Balaban J connectivity index is 1.96. The number of carbonyl (C=O) groups is 2. The smallest absolute Gasteiger partial charge is 0.340 e. The molecule has 1 unspecified atom stereocenters. The number of hydrogen-bond acceptors (Lipinski definition) is 6. The van der Waals surface area contributed by atoms with Gasteiger partial charge in [0.05, 0.1) is 19.8 Å². The molecule has 0 amide bonds. The minimum Gasteiger partial charge on any atom is -0.481 e. The molecule has 0 bridgehead atoms. The topological polar surface area (TPSA) is 110 Å². The standard InChI is InChI=1S/C19H17NO7S/c1-26-19(23)17-15(18(21)22)10-27-28(24,25)20(17)16-13-8-4-2-6-11(13)12-7-3-5-9-14(12)16/h2-9,15-17H,10H2,1H3,(H,21,22)/t15-,17?/m1/s1. The van der Waals surface area contributed by atoms with Crippen molar-refractivity contribution < 1.29 is 32.0 Å². The van der Waals surface area contributed by atoms with Crippen molar-refractivity contribution in [1.82, 2.24) is 4.31 Å². The number of ether oxygens (including phenoxy) is 1. The molecule has 0 aromatic heterocycles. The van der Waals surface area contributed by atoms with Crippen molar-refractivity contribution in [2.24, 2.45) is 5.92 Å². The summed E-state index contributed by atoms with van der Waals surface area (Å²) in [6.45, 7) is -0.635. The zero-order valence-corrected chi connectivity index (χ0v) is 15.6. The van der Waals surface area contributed by atoms with Gasteiger partial charge in [0, 0.05) is 0 Å². The Morgan fingerprint density at radius 1 is 1.07 bits per heavy atom. The van der Waals surface area contributed by atoms with Crippen LogP contribution in [0.5, 0.6) is 0 Å². The molecule has 2 atom stereocenters. The summed E-state index contributed by atoms with van der Waals surface area (Å²) in [5, 5.41) is 9.57. The predicted octanol–water partition coefficient (Wildman–Crippen LogP) is 1.58. The highest BCUT2D eigenvalue weighted by Crippen LogP contribution is 2.49. The molecule has 146 valence electrons.